The van der Waals surface area contributed by atoms with Gasteiger partial charge < -0.3 is 4.42 Å². The van der Waals surface area contributed by atoms with Crippen molar-refractivity contribution < 1.29 is 9.21 Å². The third-order valence-electron chi connectivity index (χ3n) is 7.03. The predicted octanol–water partition coefficient (Wildman–Crippen LogP) is 7.73. The summed E-state index contributed by atoms with van der Waals surface area (Å²) < 4.78 is 8.22. The van der Waals surface area contributed by atoms with Gasteiger partial charge in [-0.3, -0.25) is 14.5 Å². The van der Waals surface area contributed by atoms with E-state index >= 15 is 0 Å². The quantitative estimate of drug-likeness (QED) is 0.202. The molecule has 3 heterocycles. The van der Waals surface area contributed by atoms with Crippen LogP contribution in [0.3, 0.4) is 0 Å². The Morgan fingerprint density at radius 2 is 1.66 bits per heavy atom. The molecule has 7 nitrogen and oxygen atoms in total. The fourth-order valence-corrected chi connectivity index (χ4v) is 6.11. The van der Waals surface area contributed by atoms with Crippen LogP contribution in [-0.2, 0) is 4.79 Å². The molecule has 0 radical (unpaired) electrons. The van der Waals surface area contributed by atoms with Gasteiger partial charge in [-0.15, -0.1) is 10.2 Å². The Hall–Kier alpha value is -4.87. The highest BCUT2D eigenvalue weighted by Crippen LogP contribution is 2.41. The summed E-state index contributed by atoms with van der Waals surface area (Å²) >= 11 is 1.47. The number of thioether (sulfide) groups is 1. The van der Waals surface area contributed by atoms with Crippen LogP contribution >= 0.6 is 11.8 Å². The number of carbonyl (C=O) groups is 1. The Morgan fingerprint density at radius 1 is 0.951 bits per heavy atom. The molecule has 0 saturated heterocycles. The first kappa shape index (κ1) is 26.4. The number of aromatic nitrogens is 3. The largest absolute Gasteiger partial charge is 0.438 e. The van der Waals surface area contributed by atoms with Crippen LogP contribution in [-0.4, -0.2) is 26.3 Å². The molecule has 41 heavy (non-hydrogen) atoms. The van der Waals surface area contributed by atoms with Gasteiger partial charge in [-0.1, -0.05) is 84.1 Å². The topological polar surface area (TPSA) is 96.2 Å². The third kappa shape index (κ3) is 4.96. The van der Waals surface area contributed by atoms with Crippen LogP contribution in [0.1, 0.15) is 28.7 Å². The molecule has 6 rings (SSSR count). The lowest BCUT2D eigenvalue weighted by Gasteiger charge is -2.11. The zero-order chi connectivity index (χ0) is 28.5. The molecule has 0 spiro atoms. The Bertz CT molecular complexity index is 1950. The number of rotatable bonds is 7. The number of hydrogen-bond donors (Lipinski definition) is 1. The van der Waals surface area contributed by atoms with Crippen molar-refractivity contribution in [1.82, 2.24) is 14.6 Å². The summed E-state index contributed by atoms with van der Waals surface area (Å²) in [5, 5.41) is 23.7. The van der Waals surface area contributed by atoms with E-state index in [9.17, 15) is 10.1 Å². The van der Waals surface area contributed by atoms with Crippen molar-refractivity contribution >= 4 is 40.1 Å². The summed E-state index contributed by atoms with van der Waals surface area (Å²) in [6.07, 6.45) is 0.203. The lowest BCUT2D eigenvalue weighted by molar-refractivity contribution is -0.115. The van der Waals surface area contributed by atoms with Gasteiger partial charge in [0.15, 0.2) is 10.8 Å². The predicted molar refractivity (Wildman–Crippen MR) is 163 cm³/mol. The maximum absolute atomic E-state index is 13.1. The van der Waals surface area contributed by atoms with E-state index in [1.807, 2.05) is 66.7 Å². The van der Waals surface area contributed by atoms with Crippen LogP contribution in [0.2, 0.25) is 0 Å². The van der Waals surface area contributed by atoms with Crippen molar-refractivity contribution in [2.75, 3.05) is 11.1 Å². The maximum Gasteiger partial charge on any atom is 0.227 e. The van der Waals surface area contributed by atoms with E-state index in [-0.39, 0.29) is 18.2 Å². The van der Waals surface area contributed by atoms with Crippen LogP contribution in [0, 0.1) is 32.1 Å². The van der Waals surface area contributed by atoms with Crippen molar-refractivity contribution in [3.8, 4) is 28.5 Å². The Kier molecular flexibility index (Phi) is 7.04. The Balaban J connectivity index is 1.25. The number of anilines is 1. The first-order valence-corrected chi connectivity index (χ1v) is 14.3. The molecule has 1 amide bonds. The molecule has 3 aromatic heterocycles. The third-order valence-corrected chi connectivity index (χ3v) is 7.96. The van der Waals surface area contributed by atoms with E-state index < -0.39 is 0 Å². The number of fused-ring (bicyclic) bond motifs is 3. The molecule has 0 unspecified atom stereocenters. The lowest BCUT2D eigenvalue weighted by atomic mass is 9.98. The van der Waals surface area contributed by atoms with Crippen LogP contribution in [0.5, 0.6) is 0 Å². The fourth-order valence-electron chi connectivity index (χ4n) is 5.23. The number of pyridine rings is 1. The number of benzene rings is 3. The van der Waals surface area contributed by atoms with Gasteiger partial charge >= 0.3 is 0 Å². The molecular weight excluding hydrogens is 530 g/mol. The van der Waals surface area contributed by atoms with Gasteiger partial charge in [0, 0.05) is 28.7 Å². The summed E-state index contributed by atoms with van der Waals surface area (Å²) in [5.41, 5.74) is 8.00. The molecule has 0 fully saturated rings. The van der Waals surface area contributed by atoms with Gasteiger partial charge in [-0.2, -0.15) is 5.26 Å². The maximum atomic E-state index is 13.1. The van der Waals surface area contributed by atoms with Gasteiger partial charge in [0.2, 0.25) is 11.8 Å². The van der Waals surface area contributed by atoms with E-state index in [4.69, 9.17) is 4.42 Å². The van der Waals surface area contributed by atoms with E-state index in [1.165, 1.54) is 22.7 Å². The number of nitrogens with one attached hydrogen (secondary N) is 1. The van der Waals surface area contributed by atoms with E-state index in [0.717, 1.165) is 38.6 Å². The first-order valence-electron chi connectivity index (χ1n) is 13.3. The van der Waals surface area contributed by atoms with E-state index in [0.29, 0.717) is 22.6 Å². The van der Waals surface area contributed by atoms with Crippen LogP contribution < -0.4 is 5.32 Å². The Labute approximate surface area is 241 Å². The molecule has 6 aromatic rings. The summed E-state index contributed by atoms with van der Waals surface area (Å²) in [4.78, 5) is 13.1. The molecule has 8 heteroatoms. The summed E-state index contributed by atoms with van der Waals surface area (Å²) in [6.45, 7) is 6.28. The molecule has 3 aromatic carbocycles. The molecule has 0 atom stereocenters. The number of hydrogen-bond acceptors (Lipinski definition) is 6. The van der Waals surface area contributed by atoms with Crippen molar-refractivity contribution in [1.29, 1.82) is 5.26 Å². The van der Waals surface area contributed by atoms with Crippen LogP contribution in [0.4, 0.5) is 5.88 Å². The van der Waals surface area contributed by atoms with Crippen molar-refractivity contribution in [2.45, 2.75) is 32.3 Å². The number of furan rings is 1. The highest BCUT2D eigenvalue weighted by Gasteiger charge is 2.24. The van der Waals surface area contributed by atoms with Gasteiger partial charge in [0.05, 0.1) is 5.52 Å². The van der Waals surface area contributed by atoms with E-state index in [1.54, 1.807) is 0 Å². The molecule has 0 aliphatic heterocycles. The van der Waals surface area contributed by atoms with Gasteiger partial charge in [-0.25, -0.2) is 0 Å². The lowest BCUT2D eigenvalue weighted by Crippen LogP contribution is -2.12. The van der Waals surface area contributed by atoms with Crippen molar-refractivity contribution in [2.24, 2.45) is 0 Å². The van der Waals surface area contributed by atoms with Crippen molar-refractivity contribution in [3.63, 3.8) is 0 Å². The minimum Gasteiger partial charge on any atom is -0.438 e. The SMILES string of the molecule is Cc1cc(C)c2c(c1)c(C)cc1nnc(SCCC(=O)Nc3oc(-c4ccccc4)c(-c4ccccc4)c3C#N)n12. The normalized spacial score (nSPS) is 11.2. The first-order chi connectivity index (χ1) is 19.9. The molecule has 0 aliphatic carbocycles. The molecule has 0 saturated carbocycles. The monoisotopic (exact) mass is 557 g/mol. The molecular formula is C33H27N5O2S. The number of aryl methyl sites for hydroxylation is 3. The van der Waals surface area contributed by atoms with E-state index in [2.05, 4.69) is 58.9 Å². The second-order valence-corrected chi connectivity index (χ2v) is 11.0. The standard InChI is InChI=1S/C33H27N5O2S/c1-20-16-22(3)30-25(17-20)21(2)18-27-36-37-33(38(27)30)41-15-14-28(39)35-32-26(19-34)29(23-10-6-4-7-11-23)31(40-32)24-12-8-5-9-13-24/h4-13,16-18H,14-15H2,1-3H3,(H,35,39). The average Bonchev–Trinajstić information content (AvgIpc) is 3.54. The fraction of sp³-hybridized carbons (Fsp3) is 0.152. The molecule has 1 N–H and O–H groups in total. The molecule has 0 bridgehead atoms. The minimum absolute atomic E-state index is 0.153. The number of nitriles is 1. The minimum atomic E-state index is -0.247. The summed E-state index contributed by atoms with van der Waals surface area (Å²) in [7, 11) is 0. The smallest absolute Gasteiger partial charge is 0.227 e. The summed E-state index contributed by atoms with van der Waals surface area (Å²) in [6, 6.07) is 27.8. The second-order valence-electron chi connectivity index (χ2n) is 9.98. The van der Waals surface area contributed by atoms with Crippen LogP contribution in [0.25, 0.3) is 39.0 Å². The van der Waals surface area contributed by atoms with Gasteiger partial charge in [-0.05, 0) is 49.6 Å². The molecule has 202 valence electrons. The van der Waals surface area contributed by atoms with Gasteiger partial charge in [0.1, 0.15) is 17.4 Å². The average molecular weight is 558 g/mol. The number of amides is 1. The van der Waals surface area contributed by atoms with Crippen molar-refractivity contribution in [3.05, 3.63) is 101 Å². The summed E-state index contributed by atoms with van der Waals surface area (Å²) in [5.74, 6) is 0.927. The Morgan fingerprint density at radius 3 is 2.37 bits per heavy atom. The van der Waals surface area contributed by atoms with Crippen LogP contribution in [0.15, 0.2) is 88.4 Å². The zero-order valence-corrected chi connectivity index (χ0v) is 23.7. The highest BCUT2D eigenvalue weighted by molar-refractivity contribution is 7.99. The number of carbonyl (C=O) groups excluding carboxylic acids is 1. The zero-order valence-electron chi connectivity index (χ0n) is 22.9. The second kappa shape index (κ2) is 11.0. The highest BCUT2D eigenvalue weighted by atomic mass is 32.2. The molecule has 0 aliphatic rings. The van der Waals surface area contributed by atoms with Gasteiger partial charge in [0.25, 0.3) is 0 Å². The number of nitrogens with zero attached hydrogens (tertiary/aromatic N) is 4.